The maximum Gasteiger partial charge on any atom is 0.136 e. The van der Waals surface area contributed by atoms with Gasteiger partial charge >= 0.3 is 0 Å². The molecule has 0 atom stereocenters. The van der Waals surface area contributed by atoms with Gasteiger partial charge in [0.25, 0.3) is 0 Å². The normalized spacial score (nSPS) is 11.9. The van der Waals surface area contributed by atoms with Crippen molar-refractivity contribution in [2.75, 3.05) is 0 Å². The molecule has 1 heterocycles. The van der Waals surface area contributed by atoms with Crippen LogP contribution in [0.3, 0.4) is 0 Å². The van der Waals surface area contributed by atoms with Crippen LogP contribution >= 0.6 is 0 Å². The highest BCUT2D eigenvalue weighted by Gasteiger charge is 2.22. The third-order valence-electron chi connectivity index (χ3n) is 12.4. The van der Waals surface area contributed by atoms with Crippen molar-refractivity contribution in [1.29, 1.82) is 0 Å². The van der Waals surface area contributed by atoms with Gasteiger partial charge in [0.1, 0.15) is 11.2 Å². The van der Waals surface area contributed by atoms with Crippen molar-refractivity contribution < 1.29 is 4.42 Å². The molecule has 0 aliphatic heterocycles. The van der Waals surface area contributed by atoms with Crippen LogP contribution in [0.4, 0.5) is 0 Å². The summed E-state index contributed by atoms with van der Waals surface area (Å²) in [4.78, 5) is 0. The second-order valence-electron chi connectivity index (χ2n) is 15.7. The topological polar surface area (TPSA) is 13.1 Å². The first-order valence-electron chi connectivity index (χ1n) is 19.9. The molecule has 10 aromatic carbocycles. The maximum atomic E-state index is 6.73. The molecule has 0 fully saturated rings. The monoisotopic (exact) mass is 728 g/mol. The number of fused-ring (bicyclic) bond motifs is 7. The molecule has 1 aromatic heterocycles. The van der Waals surface area contributed by atoms with Crippen molar-refractivity contribution in [3.63, 3.8) is 0 Å². The molecule has 11 rings (SSSR count). The second-order valence-corrected chi connectivity index (χ2v) is 15.7. The maximum absolute atomic E-state index is 6.73. The lowest BCUT2D eigenvalue weighted by molar-refractivity contribution is 0.669. The molecule has 0 spiro atoms. The summed E-state index contributed by atoms with van der Waals surface area (Å²) in [7, 11) is 0. The fraction of sp³-hybridized carbons (Fsp3) is 0.0714. The predicted octanol–water partition coefficient (Wildman–Crippen LogP) is 16.1. The van der Waals surface area contributed by atoms with Gasteiger partial charge in [-0.15, -0.1) is 0 Å². The Morgan fingerprint density at radius 2 is 0.596 bits per heavy atom. The van der Waals surface area contributed by atoms with Crippen molar-refractivity contribution in [2.24, 2.45) is 0 Å². The van der Waals surface area contributed by atoms with E-state index in [4.69, 9.17) is 4.42 Å². The lowest BCUT2D eigenvalue weighted by atomic mass is 9.83. The summed E-state index contributed by atoms with van der Waals surface area (Å²) in [6.07, 6.45) is 0. The van der Waals surface area contributed by atoms with Gasteiger partial charge in [-0.25, -0.2) is 0 Å². The number of benzene rings is 10. The van der Waals surface area contributed by atoms with Gasteiger partial charge < -0.3 is 4.42 Å². The standard InChI is InChI=1S/C56H40O/c1-33-15-13-16-34(2)51(33)55-44-23-9-5-19-40(44)53(41-20-6-10-24-45(41)55)37-28-30-49-48(31-37)39-29-27-38(32-50(39)57-49)54-42-21-7-11-25-46(42)56(47-26-12-8-22-43(47)54)52-35(3)17-14-18-36(52)4/h5-32H,1-4H3. The molecular weight excluding hydrogens is 689 g/mol. The lowest BCUT2D eigenvalue weighted by Gasteiger charge is -2.20. The van der Waals surface area contributed by atoms with E-state index in [0.29, 0.717) is 0 Å². The van der Waals surface area contributed by atoms with E-state index < -0.39 is 0 Å². The Kier molecular flexibility index (Phi) is 7.50. The number of furan rings is 1. The van der Waals surface area contributed by atoms with Gasteiger partial charge in [-0.1, -0.05) is 146 Å². The quantitative estimate of drug-likeness (QED) is 0.165. The summed E-state index contributed by atoms with van der Waals surface area (Å²) in [6, 6.07) is 62.5. The van der Waals surface area contributed by atoms with E-state index in [9.17, 15) is 0 Å². The smallest absolute Gasteiger partial charge is 0.136 e. The Bertz CT molecular complexity index is 3290. The number of hydrogen-bond acceptors (Lipinski definition) is 1. The Morgan fingerprint density at radius 1 is 0.246 bits per heavy atom. The SMILES string of the molecule is Cc1cccc(C)c1-c1c2ccccc2c(-c2ccc3c(c2)oc2ccc(-c4c5ccccc5c(-c5c(C)cccc5C)c5ccccc45)cc23)c2ccccc12. The molecule has 1 nitrogen and oxygen atoms in total. The van der Waals surface area contributed by atoms with E-state index in [2.05, 4.69) is 198 Å². The van der Waals surface area contributed by atoms with Crippen LogP contribution < -0.4 is 0 Å². The van der Waals surface area contributed by atoms with Crippen LogP contribution in [-0.4, -0.2) is 0 Å². The molecule has 11 aromatic rings. The van der Waals surface area contributed by atoms with Gasteiger partial charge in [-0.2, -0.15) is 0 Å². The molecular formula is C56H40O. The molecule has 0 unspecified atom stereocenters. The second kappa shape index (κ2) is 12.8. The summed E-state index contributed by atoms with van der Waals surface area (Å²) in [5.41, 5.74) is 17.1. The van der Waals surface area contributed by atoms with Crippen molar-refractivity contribution >= 4 is 65.0 Å². The minimum absolute atomic E-state index is 0.895. The minimum Gasteiger partial charge on any atom is -0.456 e. The molecule has 0 amide bonds. The van der Waals surface area contributed by atoms with E-state index in [1.807, 2.05) is 0 Å². The van der Waals surface area contributed by atoms with Crippen LogP contribution in [0.2, 0.25) is 0 Å². The van der Waals surface area contributed by atoms with Gasteiger partial charge in [0, 0.05) is 10.8 Å². The molecule has 0 aliphatic rings. The fourth-order valence-corrected chi connectivity index (χ4v) is 9.92. The van der Waals surface area contributed by atoms with Gasteiger partial charge in [0.15, 0.2) is 0 Å². The van der Waals surface area contributed by atoms with Crippen LogP contribution in [0.5, 0.6) is 0 Å². The molecule has 0 radical (unpaired) electrons. The highest BCUT2D eigenvalue weighted by Crippen LogP contribution is 2.48. The zero-order valence-electron chi connectivity index (χ0n) is 32.6. The number of aryl methyl sites for hydroxylation is 4. The summed E-state index contributed by atoms with van der Waals surface area (Å²) < 4.78 is 6.73. The zero-order valence-corrected chi connectivity index (χ0v) is 32.6. The van der Waals surface area contributed by atoms with Crippen LogP contribution in [0.15, 0.2) is 174 Å². The molecule has 57 heavy (non-hydrogen) atoms. The van der Waals surface area contributed by atoms with Gasteiger partial charge in [0.05, 0.1) is 0 Å². The van der Waals surface area contributed by atoms with Crippen molar-refractivity contribution in [1.82, 2.24) is 0 Å². The van der Waals surface area contributed by atoms with E-state index in [1.54, 1.807) is 0 Å². The fourth-order valence-electron chi connectivity index (χ4n) is 9.92. The third kappa shape index (κ3) is 5.02. The van der Waals surface area contributed by atoms with E-state index in [1.165, 1.54) is 104 Å². The van der Waals surface area contributed by atoms with E-state index in [0.717, 1.165) is 27.5 Å². The van der Waals surface area contributed by atoms with Crippen molar-refractivity contribution in [3.8, 4) is 44.5 Å². The average Bonchev–Trinajstić information content (AvgIpc) is 3.60. The molecule has 270 valence electrons. The summed E-state index contributed by atoms with van der Waals surface area (Å²) in [5, 5.41) is 12.3. The highest BCUT2D eigenvalue weighted by atomic mass is 16.3. The molecule has 0 bridgehead atoms. The summed E-state index contributed by atoms with van der Waals surface area (Å²) >= 11 is 0. The number of hydrogen-bond donors (Lipinski definition) is 0. The Balaban J connectivity index is 1.13. The zero-order chi connectivity index (χ0) is 38.4. The Hall–Kier alpha value is -6.96. The van der Waals surface area contributed by atoms with Crippen LogP contribution in [-0.2, 0) is 0 Å². The molecule has 0 aliphatic carbocycles. The van der Waals surface area contributed by atoms with Gasteiger partial charge in [-0.05, 0) is 162 Å². The Morgan fingerprint density at radius 3 is 1.00 bits per heavy atom. The molecule has 0 saturated heterocycles. The van der Waals surface area contributed by atoms with Crippen LogP contribution in [0, 0.1) is 27.7 Å². The van der Waals surface area contributed by atoms with Crippen molar-refractivity contribution in [2.45, 2.75) is 27.7 Å². The van der Waals surface area contributed by atoms with Crippen molar-refractivity contribution in [3.05, 3.63) is 192 Å². The van der Waals surface area contributed by atoms with Crippen LogP contribution in [0.1, 0.15) is 22.3 Å². The lowest BCUT2D eigenvalue weighted by Crippen LogP contribution is -1.94. The van der Waals surface area contributed by atoms with Gasteiger partial charge in [-0.3, -0.25) is 0 Å². The highest BCUT2D eigenvalue weighted by molar-refractivity contribution is 6.24. The molecule has 1 heteroatoms. The third-order valence-corrected chi connectivity index (χ3v) is 12.4. The largest absolute Gasteiger partial charge is 0.456 e. The van der Waals surface area contributed by atoms with Gasteiger partial charge in [0.2, 0.25) is 0 Å². The summed E-state index contributed by atoms with van der Waals surface area (Å²) in [6.45, 7) is 8.92. The summed E-state index contributed by atoms with van der Waals surface area (Å²) in [5.74, 6) is 0. The molecule has 0 saturated carbocycles. The first-order chi connectivity index (χ1) is 28.0. The van der Waals surface area contributed by atoms with E-state index >= 15 is 0 Å². The first kappa shape index (κ1) is 33.4. The first-order valence-corrected chi connectivity index (χ1v) is 19.9. The Labute approximate surface area is 332 Å². The number of rotatable bonds is 4. The predicted molar refractivity (Wildman–Crippen MR) is 244 cm³/mol. The minimum atomic E-state index is 0.895. The van der Waals surface area contributed by atoms with E-state index in [-0.39, 0.29) is 0 Å². The average molecular weight is 729 g/mol. The van der Waals surface area contributed by atoms with Crippen LogP contribution in [0.25, 0.3) is 110 Å². The molecule has 0 N–H and O–H groups in total.